The summed E-state index contributed by atoms with van der Waals surface area (Å²) < 4.78 is 0. The Kier molecular flexibility index (Phi) is 4.39. The van der Waals surface area contributed by atoms with Gasteiger partial charge in [0.05, 0.1) is 0 Å². The van der Waals surface area contributed by atoms with Crippen LogP contribution in [0.2, 0.25) is 0 Å². The zero-order valence-corrected chi connectivity index (χ0v) is 10.5. The van der Waals surface area contributed by atoms with Crippen LogP contribution >= 0.6 is 0 Å². The minimum absolute atomic E-state index is 0.755. The second-order valence-electron chi connectivity index (χ2n) is 5.03. The van der Waals surface area contributed by atoms with Gasteiger partial charge in [-0.3, -0.25) is 4.90 Å². The monoisotopic (exact) mass is 198 g/mol. The summed E-state index contributed by atoms with van der Waals surface area (Å²) in [6.45, 7) is 9.59. The summed E-state index contributed by atoms with van der Waals surface area (Å²) in [5, 5.41) is 0. The second kappa shape index (κ2) is 5.13. The summed E-state index contributed by atoms with van der Waals surface area (Å²) in [4.78, 5) is 5.02. The molecule has 3 unspecified atom stereocenters. The highest BCUT2D eigenvalue weighted by Gasteiger charge is 2.28. The first-order valence-electron chi connectivity index (χ1n) is 5.96. The highest BCUT2D eigenvalue weighted by Crippen LogP contribution is 2.21. The summed E-state index contributed by atoms with van der Waals surface area (Å²) in [6.07, 6.45) is 2.64. The van der Waals surface area contributed by atoms with E-state index < -0.39 is 0 Å². The van der Waals surface area contributed by atoms with Crippen LogP contribution in [0.15, 0.2) is 0 Å². The lowest BCUT2D eigenvalue weighted by Gasteiger charge is -2.29. The minimum Gasteiger partial charge on any atom is -0.305 e. The van der Waals surface area contributed by atoms with Crippen molar-refractivity contribution < 1.29 is 0 Å². The SMILES string of the molecule is CCC(C)C(C)N1CCC(N(C)C)C1. The molecule has 14 heavy (non-hydrogen) atoms. The topological polar surface area (TPSA) is 6.48 Å². The molecular weight excluding hydrogens is 172 g/mol. The smallest absolute Gasteiger partial charge is 0.0229 e. The Balaban J connectivity index is 2.41. The lowest BCUT2D eigenvalue weighted by atomic mass is 10.00. The molecule has 0 aliphatic carbocycles. The molecule has 3 atom stereocenters. The summed E-state index contributed by atoms with van der Waals surface area (Å²) in [5.41, 5.74) is 0. The maximum absolute atomic E-state index is 2.65. The molecule has 1 aliphatic rings. The predicted octanol–water partition coefficient (Wildman–Crippen LogP) is 2.06. The fourth-order valence-corrected chi connectivity index (χ4v) is 2.26. The van der Waals surface area contributed by atoms with E-state index in [9.17, 15) is 0 Å². The molecule has 2 nitrogen and oxygen atoms in total. The van der Waals surface area contributed by atoms with E-state index in [4.69, 9.17) is 0 Å². The van der Waals surface area contributed by atoms with Gasteiger partial charge in [-0.25, -0.2) is 0 Å². The third-order valence-corrected chi connectivity index (χ3v) is 3.97. The van der Waals surface area contributed by atoms with Crippen molar-refractivity contribution in [3.63, 3.8) is 0 Å². The Hall–Kier alpha value is -0.0800. The second-order valence-corrected chi connectivity index (χ2v) is 5.03. The number of likely N-dealkylation sites (tertiary alicyclic amines) is 1. The molecule has 0 bridgehead atoms. The van der Waals surface area contributed by atoms with Gasteiger partial charge in [0.25, 0.3) is 0 Å². The van der Waals surface area contributed by atoms with E-state index in [1.165, 1.54) is 25.9 Å². The number of rotatable bonds is 4. The van der Waals surface area contributed by atoms with Crippen molar-refractivity contribution in [3.05, 3.63) is 0 Å². The van der Waals surface area contributed by atoms with Gasteiger partial charge in [0.1, 0.15) is 0 Å². The standard InChI is InChI=1S/C12H26N2/c1-6-10(2)11(3)14-8-7-12(9-14)13(4)5/h10-12H,6-9H2,1-5H3. The molecule has 1 rings (SSSR count). The van der Waals surface area contributed by atoms with Gasteiger partial charge >= 0.3 is 0 Å². The van der Waals surface area contributed by atoms with E-state index in [0.29, 0.717) is 0 Å². The van der Waals surface area contributed by atoms with E-state index in [-0.39, 0.29) is 0 Å². The highest BCUT2D eigenvalue weighted by atomic mass is 15.2. The largest absolute Gasteiger partial charge is 0.305 e. The molecule has 84 valence electrons. The van der Waals surface area contributed by atoms with Crippen molar-refractivity contribution >= 4 is 0 Å². The first kappa shape index (κ1) is 12.0. The minimum atomic E-state index is 0.755. The van der Waals surface area contributed by atoms with Crippen molar-refractivity contribution in [1.82, 2.24) is 9.80 Å². The van der Waals surface area contributed by atoms with Gasteiger partial charge in [0, 0.05) is 25.2 Å². The molecular formula is C12H26N2. The Morgan fingerprint density at radius 3 is 2.43 bits per heavy atom. The summed E-state index contributed by atoms with van der Waals surface area (Å²) in [6, 6.07) is 1.53. The van der Waals surface area contributed by atoms with Gasteiger partial charge in [-0.2, -0.15) is 0 Å². The van der Waals surface area contributed by atoms with Crippen LogP contribution < -0.4 is 0 Å². The molecule has 0 N–H and O–H groups in total. The van der Waals surface area contributed by atoms with Gasteiger partial charge in [-0.15, -0.1) is 0 Å². The number of likely N-dealkylation sites (N-methyl/N-ethyl adjacent to an activating group) is 1. The maximum Gasteiger partial charge on any atom is 0.0229 e. The molecule has 1 heterocycles. The Morgan fingerprint density at radius 2 is 2.00 bits per heavy atom. The molecule has 1 aliphatic heterocycles. The lowest BCUT2D eigenvalue weighted by Crippen LogP contribution is -2.38. The third-order valence-electron chi connectivity index (χ3n) is 3.97. The van der Waals surface area contributed by atoms with Gasteiger partial charge in [0.2, 0.25) is 0 Å². The van der Waals surface area contributed by atoms with Gasteiger partial charge in [-0.05, 0) is 33.4 Å². The van der Waals surface area contributed by atoms with Crippen molar-refractivity contribution in [2.45, 2.75) is 45.7 Å². The Labute approximate surface area is 89.3 Å². The molecule has 0 spiro atoms. The molecule has 1 saturated heterocycles. The molecule has 2 heteroatoms. The van der Waals surface area contributed by atoms with Crippen LogP contribution in [0.1, 0.15) is 33.6 Å². The fraction of sp³-hybridized carbons (Fsp3) is 1.00. The molecule has 0 aromatic rings. The Morgan fingerprint density at radius 1 is 1.36 bits per heavy atom. The normalized spacial score (nSPS) is 28.3. The van der Waals surface area contributed by atoms with Crippen LogP contribution in [0, 0.1) is 5.92 Å². The summed E-state index contributed by atoms with van der Waals surface area (Å²) >= 11 is 0. The van der Waals surface area contributed by atoms with Crippen molar-refractivity contribution in [1.29, 1.82) is 0 Å². The average molecular weight is 198 g/mol. The average Bonchev–Trinajstić information content (AvgIpc) is 2.64. The lowest BCUT2D eigenvalue weighted by molar-refractivity contribution is 0.179. The van der Waals surface area contributed by atoms with Crippen LogP contribution in [0.3, 0.4) is 0 Å². The van der Waals surface area contributed by atoms with Gasteiger partial charge in [-0.1, -0.05) is 20.3 Å². The van der Waals surface area contributed by atoms with E-state index in [1.54, 1.807) is 0 Å². The number of hydrogen-bond donors (Lipinski definition) is 0. The zero-order valence-electron chi connectivity index (χ0n) is 10.5. The first-order chi connectivity index (χ1) is 6.56. The molecule has 0 radical (unpaired) electrons. The predicted molar refractivity (Wildman–Crippen MR) is 62.6 cm³/mol. The molecule has 0 amide bonds. The quantitative estimate of drug-likeness (QED) is 0.682. The third kappa shape index (κ3) is 2.71. The van der Waals surface area contributed by atoms with Crippen LogP contribution in [0.5, 0.6) is 0 Å². The van der Waals surface area contributed by atoms with E-state index in [1.807, 2.05) is 0 Å². The molecule has 0 aromatic carbocycles. The fourth-order valence-electron chi connectivity index (χ4n) is 2.26. The van der Waals surface area contributed by atoms with Crippen molar-refractivity contribution in [2.75, 3.05) is 27.2 Å². The number of hydrogen-bond acceptors (Lipinski definition) is 2. The molecule has 0 aromatic heterocycles. The summed E-state index contributed by atoms with van der Waals surface area (Å²) in [7, 11) is 4.39. The van der Waals surface area contributed by atoms with Gasteiger partial charge in [0.15, 0.2) is 0 Å². The van der Waals surface area contributed by atoms with E-state index in [2.05, 4.69) is 44.7 Å². The zero-order chi connectivity index (χ0) is 10.7. The highest BCUT2D eigenvalue weighted by molar-refractivity contribution is 4.85. The molecule has 1 fully saturated rings. The van der Waals surface area contributed by atoms with E-state index >= 15 is 0 Å². The van der Waals surface area contributed by atoms with Crippen LogP contribution in [0.25, 0.3) is 0 Å². The van der Waals surface area contributed by atoms with Gasteiger partial charge < -0.3 is 4.90 Å². The van der Waals surface area contributed by atoms with Crippen LogP contribution in [-0.2, 0) is 0 Å². The maximum atomic E-state index is 2.65. The van der Waals surface area contributed by atoms with Crippen molar-refractivity contribution in [3.8, 4) is 0 Å². The van der Waals surface area contributed by atoms with Crippen LogP contribution in [-0.4, -0.2) is 49.1 Å². The first-order valence-corrected chi connectivity index (χ1v) is 5.96. The molecule has 0 saturated carbocycles. The number of nitrogens with zero attached hydrogens (tertiary/aromatic N) is 2. The Bertz CT molecular complexity index is 168. The van der Waals surface area contributed by atoms with Crippen LogP contribution in [0.4, 0.5) is 0 Å². The summed E-state index contributed by atoms with van der Waals surface area (Å²) in [5.74, 6) is 0.830. The van der Waals surface area contributed by atoms with Crippen molar-refractivity contribution in [2.24, 2.45) is 5.92 Å². The van der Waals surface area contributed by atoms with E-state index in [0.717, 1.165) is 18.0 Å².